The van der Waals surface area contributed by atoms with Crippen LogP contribution in [0.2, 0.25) is 0 Å². The van der Waals surface area contributed by atoms with Crippen LogP contribution >= 0.6 is 0 Å². The van der Waals surface area contributed by atoms with Crippen LogP contribution in [-0.2, 0) is 16.0 Å². The van der Waals surface area contributed by atoms with Crippen molar-refractivity contribution in [2.24, 2.45) is 5.92 Å². The summed E-state index contributed by atoms with van der Waals surface area (Å²) in [4.78, 5) is 33.7. The van der Waals surface area contributed by atoms with Crippen LogP contribution in [-0.4, -0.2) is 57.4 Å². The first kappa shape index (κ1) is 21.5. The van der Waals surface area contributed by atoms with E-state index >= 15 is 0 Å². The number of aromatic nitrogens is 2. The molecule has 0 N–H and O–H groups in total. The van der Waals surface area contributed by atoms with Crippen molar-refractivity contribution in [3.63, 3.8) is 0 Å². The fourth-order valence-corrected chi connectivity index (χ4v) is 4.82. The summed E-state index contributed by atoms with van der Waals surface area (Å²) in [5.74, 6) is 1.76. The molecule has 0 spiro atoms. The number of hydrogen-bond acceptors (Lipinski definition) is 5. The van der Waals surface area contributed by atoms with E-state index in [9.17, 15) is 9.59 Å². The van der Waals surface area contributed by atoms with E-state index in [2.05, 4.69) is 10.1 Å². The van der Waals surface area contributed by atoms with Crippen LogP contribution in [0.4, 0.5) is 0 Å². The third kappa shape index (κ3) is 5.14. The molecule has 1 saturated heterocycles. The number of carbonyl (C=O) groups is 2. The van der Waals surface area contributed by atoms with Crippen molar-refractivity contribution in [1.82, 2.24) is 19.9 Å². The number of amides is 2. The average molecular weight is 425 g/mol. The SMILES string of the molecule is Cc1ccccc1-c1nc(CC(=O)N2CCN(C(=O)CCC3CCCC3)C(C)C2)no1. The molecular weight excluding hydrogens is 392 g/mol. The average Bonchev–Trinajstić information content (AvgIpc) is 3.44. The van der Waals surface area contributed by atoms with Crippen molar-refractivity contribution in [3.05, 3.63) is 35.7 Å². The van der Waals surface area contributed by atoms with Gasteiger partial charge < -0.3 is 14.3 Å². The van der Waals surface area contributed by atoms with Gasteiger partial charge >= 0.3 is 0 Å². The standard InChI is InChI=1S/C24H32N4O3/c1-17-7-3-6-10-20(17)24-25-21(26-31-24)15-23(30)27-13-14-28(18(2)16-27)22(29)12-11-19-8-4-5-9-19/h3,6-7,10,18-19H,4-5,8-9,11-16H2,1-2H3. The highest BCUT2D eigenvalue weighted by Gasteiger charge is 2.30. The summed E-state index contributed by atoms with van der Waals surface area (Å²) in [7, 11) is 0. The van der Waals surface area contributed by atoms with Crippen molar-refractivity contribution in [2.45, 2.75) is 64.8 Å². The van der Waals surface area contributed by atoms with E-state index in [0.717, 1.165) is 23.5 Å². The zero-order valence-corrected chi connectivity index (χ0v) is 18.5. The first-order valence-electron chi connectivity index (χ1n) is 11.5. The molecule has 1 aromatic heterocycles. The molecule has 1 saturated carbocycles. The maximum atomic E-state index is 12.8. The van der Waals surface area contributed by atoms with Gasteiger partial charge in [-0.15, -0.1) is 0 Å². The minimum absolute atomic E-state index is 0.0259. The summed E-state index contributed by atoms with van der Waals surface area (Å²) >= 11 is 0. The molecule has 31 heavy (non-hydrogen) atoms. The molecule has 2 heterocycles. The van der Waals surface area contributed by atoms with E-state index in [4.69, 9.17) is 4.52 Å². The van der Waals surface area contributed by atoms with Gasteiger partial charge in [-0.25, -0.2) is 0 Å². The van der Waals surface area contributed by atoms with E-state index < -0.39 is 0 Å². The van der Waals surface area contributed by atoms with Gasteiger partial charge in [0, 0.05) is 37.7 Å². The fraction of sp³-hybridized carbons (Fsp3) is 0.583. The lowest BCUT2D eigenvalue weighted by Crippen LogP contribution is -2.55. The largest absolute Gasteiger partial charge is 0.338 e. The quantitative estimate of drug-likeness (QED) is 0.708. The molecule has 1 unspecified atom stereocenters. The maximum Gasteiger partial charge on any atom is 0.258 e. The first-order chi connectivity index (χ1) is 15.0. The summed E-state index contributed by atoms with van der Waals surface area (Å²) in [6, 6.07) is 7.83. The van der Waals surface area contributed by atoms with Gasteiger partial charge in [-0.1, -0.05) is 49.0 Å². The molecular formula is C24H32N4O3. The third-order valence-corrected chi connectivity index (χ3v) is 6.69. The molecule has 7 heteroatoms. The van der Waals surface area contributed by atoms with Gasteiger partial charge in [0.2, 0.25) is 11.8 Å². The van der Waals surface area contributed by atoms with Crippen LogP contribution in [0.5, 0.6) is 0 Å². The Hall–Kier alpha value is -2.70. The van der Waals surface area contributed by atoms with Crippen molar-refractivity contribution in [3.8, 4) is 11.5 Å². The molecule has 2 amide bonds. The molecule has 166 valence electrons. The van der Waals surface area contributed by atoms with Crippen molar-refractivity contribution in [1.29, 1.82) is 0 Å². The Labute approximate surface area is 183 Å². The molecule has 4 rings (SSSR count). The molecule has 0 radical (unpaired) electrons. The monoisotopic (exact) mass is 424 g/mol. The van der Waals surface area contributed by atoms with E-state index in [-0.39, 0.29) is 24.3 Å². The smallest absolute Gasteiger partial charge is 0.258 e. The van der Waals surface area contributed by atoms with Crippen LogP contribution in [0.3, 0.4) is 0 Å². The Balaban J connectivity index is 1.28. The van der Waals surface area contributed by atoms with E-state index in [1.807, 2.05) is 47.9 Å². The summed E-state index contributed by atoms with van der Waals surface area (Å²) < 4.78 is 5.37. The van der Waals surface area contributed by atoms with E-state index in [1.54, 1.807) is 0 Å². The maximum absolute atomic E-state index is 12.8. The van der Waals surface area contributed by atoms with Gasteiger partial charge in [0.25, 0.3) is 5.89 Å². The van der Waals surface area contributed by atoms with E-state index in [0.29, 0.717) is 37.8 Å². The Morgan fingerprint density at radius 3 is 2.65 bits per heavy atom. The number of rotatable bonds is 6. The summed E-state index contributed by atoms with van der Waals surface area (Å²) in [5, 5.41) is 3.99. The Kier molecular flexibility index (Phi) is 6.68. The third-order valence-electron chi connectivity index (χ3n) is 6.69. The highest BCUT2D eigenvalue weighted by atomic mass is 16.5. The number of hydrogen-bond donors (Lipinski definition) is 0. The van der Waals surface area contributed by atoms with Crippen LogP contribution in [0.1, 0.15) is 56.8 Å². The van der Waals surface area contributed by atoms with Gasteiger partial charge in [-0.05, 0) is 37.8 Å². The fourth-order valence-electron chi connectivity index (χ4n) is 4.82. The van der Waals surface area contributed by atoms with Crippen LogP contribution in [0.25, 0.3) is 11.5 Å². The van der Waals surface area contributed by atoms with Crippen LogP contribution in [0.15, 0.2) is 28.8 Å². The summed E-state index contributed by atoms with van der Waals surface area (Å²) in [6.45, 7) is 5.71. The number of piperazine rings is 1. The normalized spacial score (nSPS) is 19.7. The van der Waals surface area contributed by atoms with Crippen molar-refractivity contribution >= 4 is 11.8 Å². The number of benzene rings is 1. The lowest BCUT2D eigenvalue weighted by atomic mass is 10.0. The van der Waals surface area contributed by atoms with E-state index in [1.165, 1.54) is 25.7 Å². The van der Waals surface area contributed by atoms with Gasteiger partial charge in [0.05, 0.1) is 6.42 Å². The molecule has 2 fully saturated rings. The minimum Gasteiger partial charge on any atom is -0.338 e. The Morgan fingerprint density at radius 1 is 1.13 bits per heavy atom. The summed E-state index contributed by atoms with van der Waals surface area (Å²) in [5.41, 5.74) is 1.93. The highest BCUT2D eigenvalue weighted by molar-refractivity contribution is 5.80. The van der Waals surface area contributed by atoms with Crippen molar-refractivity contribution in [2.75, 3.05) is 19.6 Å². The second kappa shape index (κ2) is 9.62. The second-order valence-corrected chi connectivity index (χ2v) is 8.97. The second-order valence-electron chi connectivity index (χ2n) is 8.97. The predicted octanol–water partition coefficient (Wildman–Crippen LogP) is 3.62. The lowest BCUT2D eigenvalue weighted by Gasteiger charge is -2.40. The van der Waals surface area contributed by atoms with Gasteiger partial charge in [-0.2, -0.15) is 4.98 Å². The van der Waals surface area contributed by atoms with Gasteiger partial charge in [0.15, 0.2) is 5.82 Å². The Morgan fingerprint density at radius 2 is 1.90 bits per heavy atom. The zero-order chi connectivity index (χ0) is 21.8. The molecule has 1 aromatic carbocycles. The summed E-state index contributed by atoms with van der Waals surface area (Å²) in [6.07, 6.45) is 6.90. The van der Waals surface area contributed by atoms with Gasteiger partial charge in [0.1, 0.15) is 0 Å². The van der Waals surface area contributed by atoms with Crippen molar-refractivity contribution < 1.29 is 14.1 Å². The number of nitrogens with zero attached hydrogens (tertiary/aromatic N) is 4. The minimum atomic E-state index is -0.0259. The number of aryl methyl sites for hydroxylation is 1. The molecule has 1 aliphatic carbocycles. The van der Waals surface area contributed by atoms with Crippen LogP contribution in [0, 0.1) is 12.8 Å². The van der Waals surface area contributed by atoms with Gasteiger partial charge in [-0.3, -0.25) is 9.59 Å². The lowest BCUT2D eigenvalue weighted by molar-refractivity contribution is -0.142. The predicted molar refractivity (Wildman–Crippen MR) is 117 cm³/mol. The number of carbonyl (C=O) groups excluding carboxylic acids is 2. The first-order valence-corrected chi connectivity index (χ1v) is 11.5. The highest BCUT2D eigenvalue weighted by Crippen LogP contribution is 2.29. The molecule has 2 aliphatic rings. The van der Waals surface area contributed by atoms with Crippen LogP contribution < -0.4 is 0 Å². The molecule has 0 bridgehead atoms. The Bertz CT molecular complexity index is 919. The molecule has 2 aromatic rings. The molecule has 7 nitrogen and oxygen atoms in total. The molecule has 1 aliphatic heterocycles. The molecule has 1 atom stereocenters. The zero-order valence-electron chi connectivity index (χ0n) is 18.5. The topological polar surface area (TPSA) is 79.5 Å².